The maximum Gasteiger partial charge on any atom is 0.337 e. The lowest BCUT2D eigenvalue weighted by molar-refractivity contribution is -0.146. The Morgan fingerprint density at radius 2 is 1.79 bits per heavy atom. The molecule has 4 heteroatoms. The summed E-state index contributed by atoms with van der Waals surface area (Å²) in [7, 11) is 1.32. The van der Waals surface area contributed by atoms with Gasteiger partial charge in [0.15, 0.2) is 0 Å². The number of hydrogen-bond donors (Lipinski definition) is 0. The summed E-state index contributed by atoms with van der Waals surface area (Å²) in [4.78, 5) is 23.2. The van der Waals surface area contributed by atoms with E-state index in [0.717, 1.165) is 12.5 Å². The second kappa shape index (κ2) is 8.51. The highest BCUT2D eigenvalue weighted by atomic mass is 16.6. The summed E-state index contributed by atoms with van der Waals surface area (Å²) in [6.45, 7) is 11.2. The average Bonchev–Trinajstić information content (AvgIpc) is 2.36. The first-order valence-corrected chi connectivity index (χ1v) is 6.44. The quantitative estimate of drug-likeness (QED) is 0.526. The van der Waals surface area contributed by atoms with Crippen LogP contribution in [-0.4, -0.2) is 25.2 Å². The highest BCUT2D eigenvalue weighted by Crippen LogP contribution is 2.20. The van der Waals surface area contributed by atoms with Gasteiger partial charge in [-0.25, -0.2) is 9.59 Å². The Balaban J connectivity index is 5.24. The Hall–Kier alpha value is -1.58. The molecule has 0 aliphatic carbocycles. The van der Waals surface area contributed by atoms with Gasteiger partial charge in [0.05, 0.1) is 12.7 Å². The highest BCUT2D eigenvalue weighted by Gasteiger charge is 2.27. The molecule has 0 saturated carbocycles. The molecule has 0 rings (SSSR count). The number of carbonyl (C=O) groups excluding carboxylic acids is 2. The molecule has 19 heavy (non-hydrogen) atoms. The lowest BCUT2D eigenvalue weighted by Crippen LogP contribution is -2.29. The van der Waals surface area contributed by atoms with Gasteiger partial charge in [-0.15, -0.1) is 0 Å². The number of esters is 2. The topological polar surface area (TPSA) is 52.6 Å². The van der Waals surface area contributed by atoms with E-state index in [1.165, 1.54) is 7.11 Å². The predicted molar refractivity (Wildman–Crippen MR) is 74.5 cm³/mol. The molecule has 4 nitrogen and oxygen atoms in total. The van der Waals surface area contributed by atoms with E-state index < -0.39 is 18.0 Å². The molecular weight excluding hydrogens is 244 g/mol. The Morgan fingerprint density at radius 1 is 1.21 bits per heavy atom. The first-order valence-electron chi connectivity index (χ1n) is 6.44. The zero-order valence-electron chi connectivity index (χ0n) is 12.4. The van der Waals surface area contributed by atoms with E-state index in [4.69, 9.17) is 9.47 Å². The minimum atomic E-state index is -0.614. The number of methoxy groups -OCH3 is 1. The van der Waals surface area contributed by atoms with E-state index >= 15 is 0 Å². The monoisotopic (exact) mass is 268 g/mol. The van der Waals surface area contributed by atoms with Crippen molar-refractivity contribution in [3.63, 3.8) is 0 Å². The summed E-state index contributed by atoms with van der Waals surface area (Å²) >= 11 is 0. The Kier molecular flexibility index (Phi) is 7.80. The normalized spacial score (nSPS) is 13.3. The number of hydrogen-bond acceptors (Lipinski definition) is 4. The third-order valence-corrected chi connectivity index (χ3v) is 2.55. The zero-order chi connectivity index (χ0) is 15.0. The van der Waals surface area contributed by atoms with Crippen molar-refractivity contribution >= 4 is 11.9 Å². The van der Waals surface area contributed by atoms with E-state index in [1.54, 1.807) is 6.08 Å². The van der Waals surface area contributed by atoms with Gasteiger partial charge in [0.25, 0.3) is 0 Å². The number of rotatable bonds is 7. The lowest BCUT2D eigenvalue weighted by Gasteiger charge is -2.22. The fraction of sp³-hybridized carbons (Fsp3) is 0.600. The third kappa shape index (κ3) is 6.22. The van der Waals surface area contributed by atoms with E-state index in [-0.39, 0.29) is 5.92 Å². The standard InChI is InChI=1S/C15H24O4/c1-7-13(16)19-14(11(4)5)12(15(17)18-6)9-8-10(2)3/h7,9-11,14H,1,8H2,2-6H3. The van der Waals surface area contributed by atoms with Crippen LogP contribution < -0.4 is 0 Å². The Labute approximate surface area is 115 Å². The molecular formula is C15H24O4. The number of carbonyl (C=O) groups is 2. The van der Waals surface area contributed by atoms with Crippen molar-refractivity contribution in [3.8, 4) is 0 Å². The number of ether oxygens (including phenoxy) is 2. The zero-order valence-corrected chi connectivity index (χ0v) is 12.4. The van der Waals surface area contributed by atoms with Gasteiger partial charge in [0, 0.05) is 6.08 Å². The molecule has 0 aromatic rings. The fourth-order valence-electron chi connectivity index (χ4n) is 1.53. The maximum atomic E-state index is 11.8. The molecule has 0 aromatic heterocycles. The molecule has 0 aromatic carbocycles. The molecule has 0 radical (unpaired) electrons. The molecule has 0 amide bonds. The second-order valence-corrected chi connectivity index (χ2v) is 5.09. The molecule has 0 saturated heterocycles. The van der Waals surface area contributed by atoms with Crippen LogP contribution in [0.15, 0.2) is 24.3 Å². The number of allylic oxidation sites excluding steroid dienone is 1. The fourth-order valence-corrected chi connectivity index (χ4v) is 1.53. The van der Waals surface area contributed by atoms with Gasteiger partial charge in [-0.2, -0.15) is 0 Å². The van der Waals surface area contributed by atoms with Crippen LogP contribution in [0.5, 0.6) is 0 Å². The van der Waals surface area contributed by atoms with Crippen LogP contribution in [-0.2, 0) is 19.1 Å². The first kappa shape index (κ1) is 17.4. The van der Waals surface area contributed by atoms with E-state index in [9.17, 15) is 9.59 Å². The van der Waals surface area contributed by atoms with Gasteiger partial charge in [0.2, 0.25) is 0 Å². The molecule has 0 N–H and O–H groups in total. The molecule has 108 valence electrons. The summed E-state index contributed by atoms with van der Waals surface area (Å²) in [6.07, 6.45) is 2.99. The third-order valence-electron chi connectivity index (χ3n) is 2.55. The summed E-state index contributed by atoms with van der Waals surface area (Å²) in [5.41, 5.74) is 0.390. The summed E-state index contributed by atoms with van der Waals surface area (Å²) in [5, 5.41) is 0. The minimum Gasteiger partial charge on any atom is -0.466 e. The van der Waals surface area contributed by atoms with Gasteiger partial charge in [0.1, 0.15) is 6.10 Å². The van der Waals surface area contributed by atoms with Crippen molar-refractivity contribution in [2.75, 3.05) is 7.11 Å². The second-order valence-electron chi connectivity index (χ2n) is 5.09. The average molecular weight is 268 g/mol. The van der Waals surface area contributed by atoms with Crippen LogP contribution in [0.4, 0.5) is 0 Å². The van der Waals surface area contributed by atoms with E-state index in [0.29, 0.717) is 11.5 Å². The summed E-state index contributed by atoms with van der Waals surface area (Å²) < 4.78 is 10.0. The van der Waals surface area contributed by atoms with Crippen LogP contribution >= 0.6 is 0 Å². The van der Waals surface area contributed by atoms with Crippen LogP contribution in [0.2, 0.25) is 0 Å². The maximum absolute atomic E-state index is 11.8. The van der Waals surface area contributed by atoms with E-state index in [2.05, 4.69) is 6.58 Å². The largest absolute Gasteiger partial charge is 0.466 e. The molecule has 0 heterocycles. The van der Waals surface area contributed by atoms with Crippen molar-refractivity contribution < 1.29 is 19.1 Å². The molecule has 1 atom stereocenters. The van der Waals surface area contributed by atoms with Crippen molar-refractivity contribution in [2.45, 2.75) is 40.2 Å². The van der Waals surface area contributed by atoms with Gasteiger partial charge in [-0.1, -0.05) is 40.3 Å². The van der Waals surface area contributed by atoms with Gasteiger partial charge >= 0.3 is 11.9 Å². The minimum absolute atomic E-state index is 0.0265. The summed E-state index contributed by atoms with van der Waals surface area (Å²) in [5.74, 6) is -0.627. The van der Waals surface area contributed by atoms with Crippen molar-refractivity contribution in [1.82, 2.24) is 0 Å². The van der Waals surface area contributed by atoms with Crippen molar-refractivity contribution in [1.29, 1.82) is 0 Å². The molecule has 0 aliphatic heterocycles. The molecule has 0 bridgehead atoms. The molecule has 1 unspecified atom stereocenters. The van der Waals surface area contributed by atoms with Crippen LogP contribution in [0, 0.1) is 11.8 Å². The SMILES string of the molecule is C=CC(=O)OC(C(=CCC(C)C)C(=O)OC)C(C)C. The molecule has 0 spiro atoms. The van der Waals surface area contributed by atoms with Crippen LogP contribution in [0.3, 0.4) is 0 Å². The van der Waals surface area contributed by atoms with Crippen LogP contribution in [0.1, 0.15) is 34.1 Å². The first-order chi connectivity index (χ1) is 8.83. The Morgan fingerprint density at radius 3 is 2.16 bits per heavy atom. The highest BCUT2D eigenvalue weighted by molar-refractivity contribution is 5.90. The van der Waals surface area contributed by atoms with Gasteiger partial charge in [-0.05, 0) is 18.3 Å². The smallest absolute Gasteiger partial charge is 0.337 e. The molecule has 0 fully saturated rings. The van der Waals surface area contributed by atoms with E-state index in [1.807, 2.05) is 27.7 Å². The van der Waals surface area contributed by atoms with Crippen molar-refractivity contribution in [2.24, 2.45) is 11.8 Å². The lowest BCUT2D eigenvalue weighted by atomic mass is 9.96. The molecule has 0 aliphatic rings. The van der Waals surface area contributed by atoms with Crippen LogP contribution in [0.25, 0.3) is 0 Å². The van der Waals surface area contributed by atoms with Gasteiger partial charge in [-0.3, -0.25) is 0 Å². The van der Waals surface area contributed by atoms with Gasteiger partial charge < -0.3 is 9.47 Å². The van der Waals surface area contributed by atoms with Crippen molar-refractivity contribution in [3.05, 3.63) is 24.3 Å². The summed E-state index contributed by atoms with van der Waals surface area (Å²) in [6, 6.07) is 0. The Bertz CT molecular complexity index is 353. The predicted octanol–water partition coefficient (Wildman–Crippen LogP) is 2.89.